The Bertz CT molecular complexity index is 325. The number of hydrogen-bond donors (Lipinski definition) is 0. The predicted octanol–water partition coefficient (Wildman–Crippen LogP) is 1.98. The number of rotatable bonds is 2. The van der Waals surface area contributed by atoms with E-state index in [1.807, 2.05) is 0 Å². The van der Waals surface area contributed by atoms with Crippen molar-refractivity contribution in [1.29, 1.82) is 0 Å². The zero-order valence-corrected chi connectivity index (χ0v) is 11.8. The van der Waals surface area contributed by atoms with Crippen LogP contribution in [0.1, 0.15) is 27.7 Å². The van der Waals surface area contributed by atoms with E-state index in [9.17, 15) is 9.59 Å². The van der Waals surface area contributed by atoms with Crippen LogP contribution in [0.4, 0.5) is 9.59 Å². The number of thiocarbonyl (C=S) groups is 1. The fraction of sp³-hybridized carbons (Fsp3) is 0.727. The first kappa shape index (κ1) is 14.7. The normalized spacial score (nSPS) is 15.6. The van der Waals surface area contributed by atoms with Crippen LogP contribution in [0.15, 0.2) is 0 Å². The molecule has 1 aliphatic heterocycles. The van der Waals surface area contributed by atoms with Gasteiger partial charge in [-0.05, 0) is 39.9 Å². The number of carbonyl (C=O) groups excluding carboxylic acids is 2. The Morgan fingerprint density at radius 3 is 1.61 bits per heavy atom. The van der Waals surface area contributed by atoms with E-state index in [1.54, 1.807) is 27.7 Å². The number of nitrogens with zero attached hydrogens (tertiary/aromatic N) is 2. The molecule has 0 aromatic carbocycles. The minimum absolute atomic E-state index is 0.131. The zero-order valence-electron chi connectivity index (χ0n) is 11.0. The first-order valence-electron chi connectivity index (χ1n) is 5.83. The van der Waals surface area contributed by atoms with E-state index in [2.05, 4.69) is 0 Å². The van der Waals surface area contributed by atoms with E-state index in [4.69, 9.17) is 21.7 Å². The molecule has 1 aliphatic rings. The molecule has 0 aliphatic carbocycles. The summed E-state index contributed by atoms with van der Waals surface area (Å²) in [7, 11) is 0. The third-order valence-corrected chi connectivity index (χ3v) is 2.56. The van der Waals surface area contributed by atoms with E-state index in [-0.39, 0.29) is 17.3 Å². The van der Waals surface area contributed by atoms with Crippen LogP contribution < -0.4 is 0 Å². The van der Waals surface area contributed by atoms with Gasteiger partial charge in [-0.25, -0.2) is 9.59 Å². The SMILES string of the molecule is CC(C)OC(=O)N1CCN(C(=O)OC(C)C)C1=S. The van der Waals surface area contributed by atoms with E-state index in [0.717, 1.165) is 0 Å². The van der Waals surface area contributed by atoms with Crippen LogP contribution in [0.25, 0.3) is 0 Å². The fourth-order valence-electron chi connectivity index (χ4n) is 1.41. The van der Waals surface area contributed by atoms with E-state index in [1.165, 1.54) is 9.80 Å². The van der Waals surface area contributed by atoms with Crippen molar-refractivity contribution < 1.29 is 19.1 Å². The maximum Gasteiger partial charge on any atom is 0.416 e. The van der Waals surface area contributed by atoms with Crippen LogP contribution in [-0.2, 0) is 9.47 Å². The van der Waals surface area contributed by atoms with Crippen molar-refractivity contribution >= 4 is 29.5 Å². The van der Waals surface area contributed by atoms with Gasteiger partial charge in [0.25, 0.3) is 0 Å². The van der Waals surface area contributed by atoms with E-state index >= 15 is 0 Å². The third kappa shape index (κ3) is 3.56. The smallest absolute Gasteiger partial charge is 0.416 e. The van der Waals surface area contributed by atoms with Gasteiger partial charge in [-0.2, -0.15) is 0 Å². The summed E-state index contributed by atoms with van der Waals surface area (Å²) in [6.07, 6.45) is -1.52. The summed E-state index contributed by atoms with van der Waals surface area (Å²) < 4.78 is 10.1. The lowest BCUT2D eigenvalue weighted by molar-refractivity contribution is 0.0957. The maximum atomic E-state index is 11.7. The Balaban J connectivity index is 2.62. The highest BCUT2D eigenvalue weighted by Gasteiger charge is 2.35. The van der Waals surface area contributed by atoms with Gasteiger partial charge in [-0.15, -0.1) is 0 Å². The number of amides is 2. The summed E-state index contributed by atoms with van der Waals surface area (Å²) in [4.78, 5) is 25.9. The average molecular weight is 274 g/mol. The first-order chi connectivity index (χ1) is 8.32. The molecule has 0 atom stereocenters. The van der Waals surface area contributed by atoms with Gasteiger partial charge in [0.1, 0.15) is 0 Å². The van der Waals surface area contributed by atoms with Crippen LogP contribution in [0, 0.1) is 0 Å². The van der Waals surface area contributed by atoms with Crippen LogP contribution >= 0.6 is 12.2 Å². The Hall–Kier alpha value is -1.37. The second-order valence-corrected chi connectivity index (χ2v) is 4.82. The minimum Gasteiger partial charge on any atom is -0.446 e. The van der Waals surface area contributed by atoms with Gasteiger partial charge in [0.15, 0.2) is 5.11 Å². The Morgan fingerprint density at radius 2 is 1.33 bits per heavy atom. The van der Waals surface area contributed by atoms with Crippen LogP contribution in [0.2, 0.25) is 0 Å². The minimum atomic E-state index is -0.533. The van der Waals surface area contributed by atoms with Crippen molar-refractivity contribution in [3.63, 3.8) is 0 Å². The average Bonchev–Trinajstić information content (AvgIpc) is 2.57. The summed E-state index contributed by atoms with van der Waals surface area (Å²) >= 11 is 5.07. The standard InChI is InChI=1S/C11H18N2O4S/c1-7(2)16-10(14)12-5-6-13(9(12)18)11(15)17-8(3)4/h7-8H,5-6H2,1-4H3. The maximum absolute atomic E-state index is 11.7. The summed E-state index contributed by atoms with van der Waals surface area (Å²) in [6.45, 7) is 7.67. The fourth-order valence-corrected chi connectivity index (χ4v) is 1.74. The Labute approximate surface area is 112 Å². The quantitative estimate of drug-likeness (QED) is 0.721. The highest BCUT2D eigenvalue weighted by molar-refractivity contribution is 7.80. The molecule has 0 bridgehead atoms. The monoisotopic (exact) mass is 274 g/mol. The predicted molar refractivity (Wildman–Crippen MR) is 69.2 cm³/mol. The van der Waals surface area contributed by atoms with Crippen molar-refractivity contribution in [2.75, 3.05) is 13.1 Å². The second kappa shape index (κ2) is 5.99. The third-order valence-electron chi connectivity index (χ3n) is 2.12. The molecule has 0 radical (unpaired) electrons. The van der Waals surface area contributed by atoms with Gasteiger partial charge in [-0.1, -0.05) is 0 Å². The molecule has 0 spiro atoms. The molecule has 0 aromatic heterocycles. The Kier molecular flexibility index (Phi) is 4.89. The molecule has 102 valence electrons. The molecular weight excluding hydrogens is 256 g/mol. The van der Waals surface area contributed by atoms with Gasteiger partial charge < -0.3 is 9.47 Å². The summed E-state index contributed by atoms with van der Waals surface area (Å²) in [5, 5.41) is 0.131. The number of carbonyl (C=O) groups is 2. The molecule has 1 fully saturated rings. The van der Waals surface area contributed by atoms with Gasteiger partial charge >= 0.3 is 12.2 Å². The van der Waals surface area contributed by atoms with Crippen LogP contribution in [-0.4, -0.2) is 52.4 Å². The summed E-state index contributed by atoms with van der Waals surface area (Å²) in [5.41, 5.74) is 0. The number of hydrogen-bond acceptors (Lipinski definition) is 5. The summed E-state index contributed by atoms with van der Waals surface area (Å²) in [5.74, 6) is 0. The van der Waals surface area contributed by atoms with E-state index in [0.29, 0.717) is 13.1 Å². The van der Waals surface area contributed by atoms with Crippen molar-refractivity contribution in [3.8, 4) is 0 Å². The molecule has 6 nitrogen and oxygen atoms in total. The molecule has 18 heavy (non-hydrogen) atoms. The van der Waals surface area contributed by atoms with Crippen molar-refractivity contribution in [1.82, 2.24) is 9.80 Å². The van der Waals surface area contributed by atoms with Gasteiger partial charge in [0.05, 0.1) is 12.2 Å². The molecule has 2 amide bonds. The van der Waals surface area contributed by atoms with Crippen molar-refractivity contribution in [2.45, 2.75) is 39.9 Å². The molecule has 1 saturated heterocycles. The van der Waals surface area contributed by atoms with Crippen LogP contribution in [0.3, 0.4) is 0 Å². The molecule has 1 rings (SSSR count). The molecule has 1 heterocycles. The highest BCUT2D eigenvalue weighted by atomic mass is 32.1. The summed E-state index contributed by atoms with van der Waals surface area (Å²) in [6, 6.07) is 0. The molecule has 0 unspecified atom stereocenters. The highest BCUT2D eigenvalue weighted by Crippen LogP contribution is 2.13. The Morgan fingerprint density at radius 1 is 1.00 bits per heavy atom. The molecule has 0 aromatic rings. The van der Waals surface area contributed by atoms with Gasteiger partial charge in [-0.3, -0.25) is 9.80 Å². The van der Waals surface area contributed by atoms with Crippen LogP contribution in [0.5, 0.6) is 0 Å². The molecule has 7 heteroatoms. The largest absolute Gasteiger partial charge is 0.446 e. The number of ether oxygens (including phenoxy) is 2. The van der Waals surface area contributed by atoms with Crippen molar-refractivity contribution in [3.05, 3.63) is 0 Å². The lowest BCUT2D eigenvalue weighted by atomic mass is 10.5. The molecule has 0 saturated carbocycles. The zero-order chi connectivity index (χ0) is 13.9. The van der Waals surface area contributed by atoms with E-state index < -0.39 is 12.2 Å². The topological polar surface area (TPSA) is 59.1 Å². The lowest BCUT2D eigenvalue weighted by Gasteiger charge is -2.20. The van der Waals surface area contributed by atoms with Gasteiger partial charge in [0.2, 0.25) is 0 Å². The molecular formula is C11H18N2O4S. The molecule has 0 N–H and O–H groups in total. The second-order valence-electron chi connectivity index (χ2n) is 4.45. The first-order valence-corrected chi connectivity index (χ1v) is 6.24. The lowest BCUT2D eigenvalue weighted by Crippen LogP contribution is -2.40. The van der Waals surface area contributed by atoms with Gasteiger partial charge in [0, 0.05) is 13.1 Å². The van der Waals surface area contributed by atoms with Crippen molar-refractivity contribution in [2.24, 2.45) is 0 Å².